The Bertz CT molecular complexity index is 441. The molecule has 0 saturated carbocycles. The van der Waals surface area contributed by atoms with Gasteiger partial charge in [-0.25, -0.2) is 4.79 Å². The number of ether oxygens (including phenoxy) is 1. The van der Waals surface area contributed by atoms with E-state index in [0.29, 0.717) is 24.2 Å². The zero-order valence-electron chi connectivity index (χ0n) is 11.4. The molecule has 0 radical (unpaired) electrons. The van der Waals surface area contributed by atoms with Crippen molar-refractivity contribution in [1.82, 2.24) is 0 Å². The summed E-state index contributed by atoms with van der Waals surface area (Å²) in [7, 11) is 0. The van der Waals surface area contributed by atoms with Crippen molar-refractivity contribution in [3.63, 3.8) is 0 Å². The van der Waals surface area contributed by atoms with Gasteiger partial charge in [0.1, 0.15) is 0 Å². The van der Waals surface area contributed by atoms with Crippen LogP contribution in [-0.4, -0.2) is 18.4 Å². The Morgan fingerprint density at radius 3 is 2.17 bits per heavy atom. The summed E-state index contributed by atoms with van der Waals surface area (Å²) in [6.07, 6.45) is 0.406. The molecule has 18 heavy (non-hydrogen) atoms. The van der Waals surface area contributed by atoms with Crippen LogP contribution < -0.4 is 0 Å². The van der Waals surface area contributed by atoms with Gasteiger partial charge in [0.05, 0.1) is 12.2 Å². The van der Waals surface area contributed by atoms with Gasteiger partial charge >= 0.3 is 5.97 Å². The maximum atomic E-state index is 12.2. The Kier molecular flexibility index (Phi) is 4.65. The fraction of sp³-hybridized carbons (Fsp3) is 0.467. The van der Waals surface area contributed by atoms with Gasteiger partial charge in [-0.05, 0) is 18.4 Å². The van der Waals surface area contributed by atoms with E-state index in [0.717, 1.165) is 0 Å². The van der Waals surface area contributed by atoms with Gasteiger partial charge in [0.2, 0.25) is 0 Å². The second kappa shape index (κ2) is 5.80. The van der Waals surface area contributed by atoms with Crippen LogP contribution in [0.1, 0.15) is 54.8 Å². The number of benzene rings is 1. The molecule has 0 aliphatic heterocycles. The van der Waals surface area contributed by atoms with Crippen molar-refractivity contribution in [2.24, 2.45) is 5.41 Å². The van der Waals surface area contributed by atoms with E-state index in [9.17, 15) is 9.59 Å². The fourth-order valence-electron chi connectivity index (χ4n) is 1.69. The molecule has 0 amide bonds. The molecule has 1 rings (SSSR count). The van der Waals surface area contributed by atoms with Crippen molar-refractivity contribution in [3.05, 3.63) is 35.4 Å². The number of hydrogen-bond acceptors (Lipinski definition) is 3. The smallest absolute Gasteiger partial charge is 0.338 e. The Hall–Kier alpha value is -1.64. The summed E-state index contributed by atoms with van der Waals surface area (Å²) in [4.78, 5) is 23.9. The summed E-state index contributed by atoms with van der Waals surface area (Å²) in [5.41, 5.74) is 0.707. The van der Waals surface area contributed by atoms with Gasteiger partial charge in [0.25, 0.3) is 0 Å². The van der Waals surface area contributed by atoms with E-state index in [4.69, 9.17) is 4.74 Å². The van der Waals surface area contributed by atoms with E-state index in [2.05, 4.69) is 0 Å². The molecule has 0 bridgehead atoms. The second-order valence-electron chi connectivity index (χ2n) is 5.43. The quantitative estimate of drug-likeness (QED) is 0.605. The number of rotatable bonds is 4. The third-order valence-corrected chi connectivity index (χ3v) is 2.41. The van der Waals surface area contributed by atoms with E-state index < -0.39 is 5.97 Å². The highest BCUT2D eigenvalue weighted by molar-refractivity contribution is 6.06. The number of hydrogen-bond donors (Lipinski definition) is 0. The van der Waals surface area contributed by atoms with E-state index in [1.54, 1.807) is 31.2 Å². The molecule has 0 aromatic heterocycles. The van der Waals surface area contributed by atoms with E-state index >= 15 is 0 Å². The Morgan fingerprint density at radius 1 is 1.11 bits per heavy atom. The van der Waals surface area contributed by atoms with Crippen LogP contribution in [0.25, 0.3) is 0 Å². The summed E-state index contributed by atoms with van der Waals surface area (Å²) in [6, 6.07) is 6.81. The zero-order valence-corrected chi connectivity index (χ0v) is 11.4. The van der Waals surface area contributed by atoms with Gasteiger partial charge in [-0.1, -0.05) is 39.0 Å². The predicted molar refractivity (Wildman–Crippen MR) is 70.8 cm³/mol. The van der Waals surface area contributed by atoms with E-state index in [-0.39, 0.29) is 11.2 Å². The predicted octanol–water partition coefficient (Wildman–Crippen LogP) is 3.48. The topological polar surface area (TPSA) is 43.4 Å². The second-order valence-corrected chi connectivity index (χ2v) is 5.43. The minimum absolute atomic E-state index is 0.0221. The van der Waals surface area contributed by atoms with Gasteiger partial charge in [-0.15, -0.1) is 0 Å². The lowest BCUT2D eigenvalue weighted by Crippen LogP contribution is -2.17. The highest BCUT2D eigenvalue weighted by atomic mass is 16.5. The lowest BCUT2D eigenvalue weighted by atomic mass is 9.87. The Labute approximate surface area is 108 Å². The summed E-state index contributed by atoms with van der Waals surface area (Å²) >= 11 is 0. The van der Waals surface area contributed by atoms with Crippen LogP contribution in [0.3, 0.4) is 0 Å². The SMILES string of the molecule is CCOC(=O)c1ccccc1C(=O)CC(C)(C)C. The molecule has 1 aromatic rings. The monoisotopic (exact) mass is 248 g/mol. The molecule has 0 unspecified atom stereocenters. The first-order valence-corrected chi connectivity index (χ1v) is 6.14. The number of carbonyl (C=O) groups is 2. The van der Waals surface area contributed by atoms with Crippen molar-refractivity contribution in [2.45, 2.75) is 34.1 Å². The fourth-order valence-corrected chi connectivity index (χ4v) is 1.69. The third kappa shape index (κ3) is 3.99. The van der Waals surface area contributed by atoms with Gasteiger partial charge in [0, 0.05) is 12.0 Å². The Morgan fingerprint density at radius 2 is 1.67 bits per heavy atom. The van der Waals surface area contributed by atoms with Gasteiger partial charge in [0.15, 0.2) is 5.78 Å². The molecule has 0 atom stereocenters. The van der Waals surface area contributed by atoms with Crippen molar-refractivity contribution >= 4 is 11.8 Å². The first-order valence-electron chi connectivity index (χ1n) is 6.14. The number of carbonyl (C=O) groups excluding carboxylic acids is 2. The number of esters is 1. The first-order chi connectivity index (χ1) is 8.35. The average Bonchev–Trinajstić information content (AvgIpc) is 2.27. The largest absolute Gasteiger partial charge is 0.462 e. The molecule has 0 heterocycles. The van der Waals surface area contributed by atoms with Crippen molar-refractivity contribution < 1.29 is 14.3 Å². The molecule has 3 nitrogen and oxygen atoms in total. The molecule has 0 N–H and O–H groups in total. The molecule has 0 saturated heterocycles. The average molecular weight is 248 g/mol. The molecular weight excluding hydrogens is 228 g/mol. The zero-order chi connectivity index (χ0) is 13.8. The lowest BCUT2D eigenvalue weighted by molar-refractivity contribution is 0.0522. The maximum absolute atomic E-state index is 12.2. The minimum atomic E-state index is -0.435. The van der Waals surface area contributed by atoms with Crippen molar-refractivity contribution in [2.75, 3.05) is 6.61 Å². The molecule has 1 aromatic carbocycles. The van der Waals surface area contributed by atoms with Crippen LogP contribution in [0.2, 0.25) is 0 Å². The molecule has 0 spiro atoms. The van der Waals surface area contributed by atoms with Crippen LogP contribution >= 0.6 is 0 Å². The van der Waals surface area contributed by atoms with Crippen LogP contribution in [0.5, 0.6) is 0 Å². The third-order valence-electron chi connectivity index (χ3n) is 2.41. The summed E-state index contributed by atoms with van der Waals surface area (Å²) in [5.74, 6) is -0.457. The molecule has 0 fully saturated rings. The number of ketones is 1. The summed E-state index contributed by atoms with van der Waals surface area (Å²) < 4.78 is 4.96. The van der Waals surface area contributed by atoms with Gasteiger partial charge < -0.3 is 4.74 Å². The number of Topliss-reactive ketones (excluding diaryl/α,β-unsaturated/α-hetero) is 1. The molecular formula is C15H20O3. The van der Waals surface area contributed by atoms with Crippen molar-refractivity contribution in [3.8, 4) is 0 Å². The normalized spacial score (nSPS) is 11.1. The molecule has 98 valence electrons. The maximum Gasteiger partial charge on any atom is 0.338 e. The molecule has 0 aliphatic rings. The van der Waals surface area contributed by atoms with E-state index in [1.165, 1.54) is 0 Å². The standard InChI is InChI=1S/C15H20O3/c1-5-18-14(17)12-9-7-6-8-11(12)13(16)10-15(2,3)4/h6-9H,5,10H2,1-4H3. The molecule has 0 aliphatic carbocycles. The van der Waals surface area contributed by atoms with Gasteiger partial charge in [-0.2, -0.15) is 0 Å². The van der Waals surface area contributed by atoms with Crippen LogP contribution in [0, 0.1) is 5.41 Å². The highest BCUT2D eigenvalue weighted by Gasteiger charge is 2.22. The minimum Gasteiger partial charge on any atom is -0.462 e. The highest BCUT2D eigenvalue weighted by Crippen LogP contribution is 2.23. The van der Waals surface area contributed by atoms with Crippen molar-refractivity contribution in [1.29, 1.82) is 0 Å². The van der Waals surface area contributed by atoms with Crippen LogP contribution in [0.15, 0.2) is 24.3 Å². The van der Waals surface area contributed by atoms with Crippen LogP contribution in [0.4, 0.5) is 0 Å². The van der Waals surface area contributed by atoms with Crippen LogP contribution in [-0.2, 0) is 4.74 Å². The molecule has 3 heteroatoms. The lowest BCUT2D eigenvalue weighted by Gasteiger charge is -2.17. The first kappa shape index (κ1) is 14.4. The van der Waals surface area contributed by atoms with E-state index in [1.807, 2.05) is 20.8 Å². The van der Waals surface area contributed by atoms with Gasteiger partial charge in [-0.3, -0.25) is 4.79 Å². The summed E-state index contributed by atoms with van der Waals surface area (Å²) in [5, 5.41) is 0. The summed E-state index contributed by atoms with van der Waals surface area (Å²) in [6.45, 7) is 8.05. The Balaban J connectivity index is 3.02.